The molecule has 0 aliphatic carbocycles. The van der Waals surface area contributed by atoms with Crippen molar-refractivity contribution in [2.75, 3.05) is 26.2 Å². The van der Waals surface area contributed by atoms with Gasteiger partial charge >= 0.3 is 0 Å². The first kappa shape index (κ1) is 21.8. The van der Waals surface area contributed by atoms with Crippen LogP contribution in [0.2, 0.25) is 0 Å². The highest BCUT2D eigenvalue weighted by molar-refractivity contribution is 5.79. The van der Waals surface area contributed by atoms with Gasteiger partial charge < -0.3 is 10.2 Å². The molecule has 0 radical (unpaired) electrons. The minimum absolute atomic E-state index is 0.0612. The molecule has 2 saturated heterocycles. The predicted molar refractivity (Wildman–Crippen MR) is 114 cm³/mol. The zero-order valence-electron chi connectivity index (χ0n) is 18.0. The molecule has 6 nitrogen and oxygen atoms in total. The molecule has 3 heterocycles. The van der Waals surface area contributed by atoms with Gasteiger partial charge in [-0.25, -0.2) is 0 Å². The lowest BCUT2D eigenvalue weighted by Gasteiger charge is -2.42. The fourth-order valence-corrected chi connectivity index (χ4v) is 4.44. The molecule has 160 valence electrons. The van der Waals surface area contributed by atoms with Gasteiger partial charge in [-0.15, -0.1) is 0 Å². The van der Waals surface area contributed by atoms with E-state index in [1.165, 1.54) is 0 Å². The van der Waals surface area contributed by atoms with Gasteiger partial charge in [0.15, 0.2) is 0 Å². The Hall–Kier alpha value is -1.95. The molecule has 3 rings (SSSR count). The molecule has 1 atom stereocenters. The Labute approximate surface area is 175 Å². The number of aromatic nitrogens is 1. The van der Waals surface area contributed by atoms with Crippen LogP contribution < -0.4 is 5.32 Å². The number of piperidine rings is 2. The third kappa shape index (κ3) is 6.53. The molecule has 2 amide bonds. The summed E-state index contributed by atoms with van der Waals surface area (Å²) < 4.78 is 0. The first-order chi connectivity index (χ1) is 14.0. The van der Waals surface area contributed by atoms with Gasteiger partial charge in [-0.1, -0.05) is 19.9 Å². The molecule has 0 bridgehead atoms. The van der Waals surface area contributed by atoms with Crippen molar-refractivity contribution in [1.29, 1.82) is 0 Å². The van der Waals surface area contributed by atoms with Crippen LogP contribution in [-0.4, -0.2) is 58.8 Å². The number of rotatable bonds is 7. The molecule has 2 aliphatic heterocycles. The molecule has 29 heavy (non-hydrogen) atoms. The third-order valence-corrected chi connectivity index (χ3v) is 6.28. The van der Waals surface area contributed by atoms with Crippen molar-refractivity contribution in [3.05, 3.63) is 30.1 Å². The lowest BCUT2D eigenvalue weighted by Crippen LogP contribution is -2.51. The third-order valence-electron chi connectivity index (χ3n) is 6.28. The molecular formula is C23H36N4O2. The van der Waals surface area contributed by atoms with Crippen LogP contribution in [0.5, 0.6) is 0 Å². The molecule has 0 spiro atoms. The summed E-state index contributed by atoms with van der Waals surface area (Å²) in [5.41, 5.74) is 1.03. The lowest BCUT2D eigenvalue weighted by atomic mass is 9.93. The first-order valence-corrected chi connectivity index (χ1v) is 11.2. The van der Waals surface area contributed by atoms with Crippen molar-refractivity contribution in [3.8, 4) is 0 Å². The van der Waals surface area contributed by atoms with Gasteiger partial charge in [0.05, 0.1) is 5.92 Å². The Morgan fingerprint density at radius 1 is 1.21 bits per heavy atom. The Bertz CT molecular complexity index is 656. The number of nitrogens with zero attached hydrogens (tertiary/aromatic N) is 3. The summed E-state index contributed by atoms with van der Waals surface area (Å²) in [6, 6.07) is 4.37. The van der Waals surface area contributed by atoms with E-state index in [-0.39, 0.29) is 11.8 Å². The Balaban J connectivity index is 1.42. The van der Waals surface area contributed by atoms with Crippen LogP contribution in [-0.2, 0) is 16.1 Å². The van der Waals surface area contributed by atoms with Crippen molar-refractivity contribution < 1.29 is 9.59 Å². The lowest BCUT2D eigenvalue weighted by molar-refractivity contribution is -0.133. The molecular weight excluding hydrogens is 364 g/mol. The molecule has 2 aliphatic rings. The van der Waals surface area contributed by atoms with Crippen molar-refractivity contribution in [2.24, 2.45) is 11.8 Å². The van der Waals surface area contributed by atoms with E-state index in [0.717, 1.165) is 63.8 Å². The zero-order chi connectivity index (χ0) is 20.6. The van der Waals surface area contributed by atoms with Gasteiger partial charge in [0.25, 0.3) is 0 Å². The second-order valence-corrected chi connectivity index (χ2v) is 8.96. The fraction of sp³-hybridized carbons (Fsp3) is 0.696. The monoisotopic (exact) mass is 400 g/mol. The first-order valence-electron chi connectivity index (χ1n) is 11.2. The second kappa shape index (κ2) is 10.7. The maximum absolute atomic E-state index is 12.7. The Morgan fingerprint density at radius 3 is 2.69 bits per heavy atom. The van der Waals surface area contributed by atoms with Gasteiger partial charge in [0, 0.05) is 51.0 Å². The molecule has 6 heteroatoms. The maximum Gasteiger partial charge on any atom is 0.224 e. The maximum atomic E-state index is 12.7. The summed E-state index contributed by atoms with van der Waals surface area (Å²) >= 11 is 0. The van der Waals surface area contributed by atoms with E-state index in [2.05, 4.69) is 29.0 Å². The van der Waals surface area contributed by atoms with Crippen LogP contribution in [0.3, 0.4) is 0 Å². The predicted octanol–water partition coefficient (Wildman–Crippen LogP) is 2.84. The van der Waals surface area contributed by atoms with Crippen LogP contribution in [0.25, 0.3) is 0 Å². The standard InChI is InChI=1S/C23H36N4O2/c1-18(2)7-8-22(28)26-13-9-21(10-14-26)27-12-4-6-20(17-27)23(29)25-16-19-5-3-11-24-15-19/h3,5,11,15,18,20-21H,4,6-10,12-14,16-17H2,1-2H3,(H,25,29). The van der Waals surface area contributed by atoms with Gasteiger partial charge in [-0.2, -0.15) is 0 Å². The quantitative estimate of drug-likeness (QED) is 0.764. The highest BCUT2D eigenvalue weighted by Crippen LogP contribution is 2.24. The number of likely N-dealkylation sites (tertiary alicyclic amines) is 2. The van der Waals surface area contributed by atoms with Gasteiger partial charge in [-0.05, 0) is 56.2 Å². The number of nitrogens with one attached hydrogen (secondary N) is 1. The average Bonchev–Trinajstić information content (AvgIpc) is 2.76. The van der Waals surface area contributed by atoms with E-state index in [4.69, 9.17) is 0 Å². The van der Waals surface area contributed by atoms with Gasteiger partial charge in [0.1, 0.15) is 0 Å². The Morgan fingerprint density at radius 2 is 2.00 bits per heavy atom. The smallest absolute Gasteiger partial charge is 0.224 e. The van der Waals surface area contributed by atoms with E-state index in [1.807, 2.05) is 17.0 Å². The summed E-state index contributed by atoms with van der Waals surface area (Å²) in [7, 11) is 0. The summed E-state index contributed by atoms with van der Waals surface area (Å²) in [5.74, 6) is 1.10. The number of hydrogen-bond donors (Lipinski definition) is 1. The number of amides is 2. The van der Waals surface area contributed by atoms with E-state index in [0.29, 0.717) is 30.8 Å². The summed E-state index contributed by atoms with van der Waals surface area (Å²) in [4.78, 5) is 33.7. The minimum Gasteiger partial charge on any atom is -0.352 e. The molecule has 1 N–H and O–H groups in total. The Kier molecular flexibility index (Phi) is 8.04. The number of hydrogen-bond acceptors (Lipinski definition) is 4. The van der Waals surface area contributed by atoms with Crippen molar-refractivity contribution in [1.82, 2.24) is 20.1 Å². The summed E-state index contributed by atoms with van der Waals surface area (Å²) in [5, 5.41) is 3.08. The van der Waals surface area contributed by atoms with Gasteiger partial charge in [-0.3, -0.25) is 19.5 Å². The van der Waals surface area contributed by atoms with Crippen molar-refractivity contribution in [3.63, 3.8) is 0 Å². The SMILES string of the molecule is CC(C)CCC(=O)N1CCC(N2CCCC(C(=O)NCc3cccnc3)C2)CC1. The molecule has 0 saturated carbocycles. The largest absolute Gasteiger partial charge is 0.352 e. The molecule has 1 aromatic rings. The number of carbonyl (C=O) groups is 2. The molecule has 0 aromatic carbocycles. The topological polar surface area (TPSA) is 65.5 Å². The average molecular weight is 401 g/mol. The normalized spacial score (nSPS) is 21.3. The number of carbonyl (C=O) groups excluding carboxylic acids is 2. The van der Waals surface area contributed by atoms with Crippen LogP contribution in [0.4, 0.5) is 0 Å². The summed E-state index contributed by atoms with van der Waals surface area (Å²) in [6.45, 7) is 8.49. The van der Waals surface area contributed by atoms with E-state index in [1.54, 1.807) is 12.4 Å². The summed E-state index contributed by atoms with van der Waals surface area (Å²) in [6.07, 6.45) is 9.26. The van der Waals surface area contributed by atoms with Crippen LogP contribution >= 0.6 is 0 Å². The van der Waals surface area contributed by atoms with Crippen LogP contribution in [0.1, 0.15) is 57.9 Å². The molecule has 1 unspecified atom stereocenters. The van der Waals surface area contributed by atoms with E-state index >= 15 is 0 Å². The van der Waals surface area contributed by atoms with E-state index < -0.39 is 0 Å². The molecule has 1 aromatic heterocycles. The van der Waals surface area contributed by atoms with Crippen LogP contribution in [0.15, 0.2) is 24.5 Å². The highest BCUT2D eigenvalue weighted by atomic mass is 16.2. The molecule has 2 fully saturated rings. The second-order valence-electron chi connectivity index (χ2n) is 8.96. The van der Waals surface area contributed by atoms with Crippen molar-refractivity contribution in [2.45, 2.75) is 65.0 Å². The minimum atomic E-state index is 0.0612. The highest BCUT2D eigenvalue weighted by Gasteiger charge is 2.32. The fourth-order valence-electron chi connectivity index (χ4n) is 4.44. The number of pyridine rings is 1. The zero-order valence-corrected chi connectivity index (χ0v) is 18.0. The van der Waals surface area contributed by atoms with Crippen LogP contribution in [0, 0.1) is 11.8 Å². The van der Waals surface area contributed by atoms with Crippen molar-refractivity contribution >= 4 is 11.8 Å². The van der Waals surface area contributed by atoms with Gasteiger partial charge in [0.2, 0.25) is 11.8 Å². The van der Waals surface area contributed by atoms with E-state index in [9.17, 15) is 9.59 Å².